The summed E-state index contributed by atoms with van der Waals surface area (Å²) in [6, 6.07) is 7.52. The summed E-state index contributed by atoms with van der Waals surface area (Å²) in [5.74, 6) is 2.05. The lowest BCUT2D eigenvalue weighted by Crippen LogP contribution is -2.07. The van der Waals surface area contributed by atoms with Gasteiger partial charge in [0, 0.05) is 11.5 Å². The van der Waals surface area contributed by atoms with E-state index in [-0.39, 0.29) is 5.95 Å². The van der Waals surface area contributed by atoms with Gasteiger partial charge >= 0.3 is 0 Å². The lowest BCUT2D eigenvalue weighted by Gasteiger charge is -2.10. The van der Waals surface area contributed by atoms with E-state index in [1.165, 1.54) is 12.8 Å². The maximum absolute atomic E-state index is 6.18. The van der Waals surface area contributed by atoms with Crippen LogP contribution in [0.1, 0.15) is 37.4 Å². The maximum atomic E-state index is 6.18. The zero-order chi connectivity index (χ0) is 13.2. The lowest BCUT2D eigenvalue weighted by molar-refractivity contribution is 0.665. The minimum Gasteiger partial charge on any atom is -0.368 e. The van der Waals surface area contributed by atoms with E-state index in [0.29, 0.717) is 16.8 Å². The highest BCUT2D eigenvalue weighted by Gasteiger charge is 2.21. The second-order valence-electron chi connectivity index (χ2n) is 4.84. The highest BCUT2D eigenvalue weighted by molar-refractivity contribution is 6.33. The Morgan fingerprint density at radius 3 is 2.53 bits per heavy atom. The Hall–Kier alpha value is -1.68. The lowest BCUT2D eigenvalue weighted by atomic mass is 10.1. The minimum atomic E-state index is 0.270. The molecule has 98 valence electrons. The number of aromatic nitrogens is 3. The Kier molecular flexibility index (Phi) is 3.34. The van der Waals surface area contributed by atoms with Gasteiger partial charge in [0.15, 0.2) is 5.82 Å². The maximum Gasteiger partial charge on any atom is 0.223 e. The molecule has 19 heavy (non-hydrogen) atoms. The van der Waals surface area contributed by atoms with Crippen LogP contribution in [-0.4, -0.2) is 15.0 Å². The smallest absolute Gasteiger partial charge is 0.223 e. The fourth-order valence-corrected chi connectivity index (χ4v) is 2.76. The van der Waals surface area contributed by atoms with E-state index in [2.05, 4.69) is 15.0 Å². The molecule has 0 atom stereocenters. The van der Waals surface area contributed by atoms with Crippen LogP contribution in [0.25, 0.3) is 11.4 Å². The molecule has 3 rings (SSSR count). The number of halogens is 1. The molecule has 5 heteroatoms. The first kappa shape index (κ1) is 12.4. The molecule has 0 unspecified atom stereocenters. The topological polar surface area (TPSA) is 64.7 Å². The van der Waals surface area contributed by atoms with Crippen molar-refractivity contribution in [3.05, 3.63) is 35.1 Å². The van der Waals surface area contributed by atoms with E-state index in [1.54, 1.807) is 0 Å². The third-order valence-electron chi connectivity index (χ3n) is 3.51. The summed E-state index contributed by atoms with van der Waals surface area (Å²) in [7, 11) is 0. The molecule has 1 aliphatic rings. The number of hydrogen-bond donors (Lipinski definition) is 1. The van der Waals surface area contributed by atoms with Crippen molar-refractivity contribution < 1.29 is 0 Å². The van der Waals surface area contributed by atoms with Crippen LogP contribution >= 0.6 is 11.6 Å². The number of rotatable bonds is 2. The molecule has 1 saturated carbocycles. The van der Waals surface area contributed by atoms with Gasteiger partial charge in [0.25, 0.3) is 0 Å². The molecule has 2 aromatic rings. The van der Waals surface area contributed by atoms with E-state index in [4.69, 9.17) is 17.3 Å². The summed E-state index contributed by atoms with van der Waals surface area (Å²) in [6.45, 7) is 0. The largest absolute Gasteiger partial charge is 0.368 e. The summed E-state index contributed by atoms with van der Waals surface area (Å²) in [5.41, 5.74) is 6.61. The van der Waals surface area contributed by atoms with E-state index in [1.807, 2.05) is 24.3 Å². The third-order valence-corrected chi connectivity index (χ3v) is 3.83. The van der Waals surface area contributed by atoms with Gasteiger partial charge in [-0.1, -0.05) is 36.6 Å². The second-order valence-corrected chi connectivity index (χ2v) is 5.24. The van der Waals surface area contributed by atoms with Crippen molar-refractivity contribution >= 4 is 17.5 Å². The molecule has 2 N–H and O–H groups in total. The molecule has 1 aliphatic carbocycles. The summed E-state index contributed by atoms with van der Waals surface area (Å²) in [6.07, 6.45) is 4.73. The molecule has 1 aromatic carbocycles. The van der Waals surface area contributed by atoms with Gasteiger partial charge in [-0.25, -0.2) is 4.98 Å². The molecule has 0 amide bonds. The SMILES string of the molecule is Nc1nc(-c2ccccc2Cl)nc(C2CCCC2)n1. The number of benzene rings is 1. The van der Waals surface area contributed by atoms with Crippen molar-refractivity contribution in [1.29, 1.82) is 0 Å². The van der Waals surface area contributed by atoms with Crippen LogP contribution in [0.5, 0.6) is 0 Å². The molecule has 1 aromatic heterocycles. The quantitative estimate of drug-likeness (QED) is 0.911. The highest BCUT2D eigenvalue weighted by atomic mass is 35.5. The first-order chi connectivity index (χ1) is 9.24. The molecule has 0 aliphatic heterocycles. The Bertz CT molecular complexity index is 594. The van der Waals surface area contributed by atoms with Gasteiger partial charge in [-0.15, -0.1) is 0 Å². The van der Waals surface area contributed by atoms with Gasteiger partial charge < -0.3 is 5.73 Å². The molecule has 0 bridgehead atoms. The Morgan fingerprint density at radius 1 is 1.05 bits per heavy atom. The van der Waals surface area contributed by atoms with Crippen molar-refractivity contribution in [2.24, 2.45) is 0 Å². The van der Waals surface area contributed by atoms with Crippen molar-refractivity contribution in [2.45, 2.75) is 31.6 Å². The van der Waals surface area contributed by atoms with E-state index < -0.39 is 0 Å². The van der Waals surface area contributed by atoms with E-state index in [9.17, 15) is 0 Å². The van der Waals surface area contributed by atoms with Crippen LogP contribution in [0.2, 0.25) is 5.02 Å². The molecule has 0 saturated heterocycles. The van der Waals surface area contributed by atoms with Crippen molar-refractivity contribution in [3.63, 3.8) is 0 Å². The van der Waals surface area contributed by atoms with Crippen LogP contribution in [0.4, 0.5) is 5.95 Å². The van der Waals surface area contributed by atoms with Gasteiger partial charge in [-0.3, -0.25) is 0 Å². The van der Waals surface area contributed by atoms with Gasteiger partial charge in [-0.2, -0.15) is 9.97 Å². The van der Waals surface area contributed by atoms with Crippen LogP contribution in [-0.2, 0) is 0 Å². The summed E-state index contributed by atoms with van der Waals surface area (Å²) < 4.78 is 0. The van der Waals surface area contributed by atoms with Gasteiger partial charge in [0.1, 0.15) is 5.82 Å². The zero-order valence-electron chi connectivity index (χ0n) is 10.5. The monoisotopic (exact) mass is 274 g/mol. The van der Waals surface area contributed by atoms with Crippen LogP contribution in [0, 0.1) is 0 Å². The normalized spacial score (nSPS) is 15.8. The van der Waals surface area contributed by atoms with E-state index in [0.717, 1.165) is 24.2 Å². The molecular weight excluding hydrogens is 260 g/mol. The van der Waals surface area contributed by atoms with Crippen molar-refractivity contribution in [2.75, 3.05) is 5.73 Å². The molecular formula is C14H15ClN4. The van der Waals surface area contributed by atoms with Crippen molar-refractivity contribution in [3.8, 4) is 11.4 Å². The number of nitrogen functional groups attached to an aromatic ring is 1. The zero-order valence-corrected chi connectivity index (χ0v) is 11.3. The summed E-state index contributed by atoms with van der Waals surface area (Å²) >= 11 is 6.18. The fourth-order valence-electron chi connectivity index (χ4n) is 2.54. The standard InChI is InChI=1S/C14H15ClN4/c15-11-8-4-3-7-10(11)13-17-12(18-14(16)19-13)9-5-1-2-6-9/h3-4,7-9H,1-2,5-6H2,(H2,16,17,18,19). The minimum absolute atomic E-state index is 0.270. The van der Waals surface area contributed by atoms with Crippen LogP contribution in [0.3, 0.4) is 0 Å². The average Bonchev–Trinajstić information content (AvgIpc) is 2.92. The van der Waals surface area contributed by atoms with Crippen LogP contribution < -0.4 is 5.73 Å². The Morgan fingerprint density at radius 2 is 1.79 bits per heavy atom. The number of hydrogen-bond acceptors (Lipinski definition) is 4. The predicted molar refractivity (Wildman–Crippen MR) is 75.9 cm³/mol. The fraction of sp³-hybridized carbons (Fsp3) is 0.357. The van der Waals surface area contributed by atoms with Gasteiger partial charge in [-0.05, 0) is 25.0 Å². The summed E-state index contributed by atoms with van der Waals surface area (Å²) in [4.78, 5) is 13.1. The number of nitrogens with two attached hydrogens (primary N) is 1. The predicted octanol–water partition coefficient (Wildman–Crippen LogP) is 3.43. The van der Waals surface area contributed by atoms with Crippen molar-refractivity contribution in [1.82, 2.24) is 15.0 Å². The first-order valence-corrected chi connectivity index (χ1v) is 6.88. The first-order valence-electron chi connectivity index (χ1n) is 6.50. The summed E-state index contributed by atoms with van der Waals surface area (Å²) in [5, 5.41) is 0.630. The molecule has 1 fully saturated rings. The average molecular weight is 275 g/mol. The molecule has 4 nitrogen and oxygen atoms in total. The van der Waals surface area contributed by atoms with Gasteiger partial charge in [0.2, 0.25) is 5.95 Å². The van der Waals surface area contributed by atoms with Crippen LogP contribution in [0.15, 0.2) is 24.3 Å². The van der Waals surface area contributed by atoms with Gasteiger partial charge in [0.05, 0.1) is 5.02 Å². The number of anilines is 1. The Labute approximate surface area is 117 Å². The van der Waals surface area contributed by atoms with E-state index >= 15 is 0 Å². The third kappa shape index (κ3) is 2.54. The Balaban J connectivity index is 2.04. The highest BCUT2D eigenvalue weighted by Crippen LogP contribution is 2.33. The molecule has 1 heterocycles. The second kappa shape index (κ2) is 5.13. The molecule has 0 spiro atoms. The number of nitrogens with zero attached hydrogens (tertiary/aromatic N) is 3. The molecule has 0 radical (unpaired) electrons.